The van der Waals surface area contributed by atoms with E-state index in [2.05, 4.69) is 5.32 Å². The fourth-order valence-electron chi connectivity index (χ4n) is 1.92. The molecule has 0 unspecified atom stereocenters. The van der Waals surface area contributed by atoms with Gasteiger partial charge in [0.1, 0.15) is 0 Å². The first-order valence-corrected chi connectivity index (χ1v) is 9.52. The van der Waals surface area contributed by atoms with Crippen molar-refractivity contribution >= 4 is 39.0 Å². The number of amides is 1. The predicted octanol–water partition coefficient (Wildman–Crippen LogP) is 2.93. The molecule has 132 valence electrons. The van der Waals surface area contributed by atoms with Crippen LogP contribution >= 0.6 is 11.6 Å². The third-order valence-corrected chi connectivity index (χ3v) is 4.76. The van der Waals surface area contributed by atoms with Gasteiger partial charge in [0.2, 0.25) is 0 Å². The molecule has 0 aromatic heterocycles. The van der Waals surface area contributed by atoms with E-state index in [-0.39, 0.29) is 10.5 Å². The van der Waals surface area contributed by atoms with Crippen molar-refractivity contribution < 1.29 is 22.7 Å². The Morgan fingerprint density at radius 2 is 1.68 bits per heavy atom. The molecule has 2 aromatic rings. The van der Waals surface area contributed by atoms with Crippen LogP contribution in [0.25, 0.3) is 0 Å². The molecule has 0 aliphatic rings. The molecule has 0 radical (unpaired) electrons. The standard InChI is InChI=1S/C17H16ClNO5S/c1-11(16(20)19-15-6-4-3-5-14(15)18)24-17(21)12-7-9-13(10-8-12)25(2,22)23/h3-11H,1-2H3,(H,19,20)/t11-/m0/s1. The normalized spacial score (nSPS) is 12.3. The van der Waals surface area contributed by atoms with Crippen LogP contribution in [0.3, 0.4) is 0 Å². The molecule has 0 aliphatic carbocycles. The summed E-state index contributed by atoms with van der Waals surface area (Å²) in [5, 5.41) is 2.93. The maximum Gasteiger partial charge on any atom is 0.338 e. The van der Waals surface area contributed by atoms with Crippen molar-refractivity contribution in [2.45, 2.75) is 17.9 Å². The lowest BCUT2D eigenvalue weighted by molar-refractivity contribution is -0.123. The van der Waals surface area contributed by atoms with E-state index in [1.54, 1.807) is 24.3 Å². The number of carbonyl (C=O) groups is 2. The number of rotatable bonds is 5. The molecule has 1 amide bonds. The Balaban J connectivity index is 2.02. The highest BCUT2D eigenvalue weighted by Gasteiger charge is 2.20. The summed E-state index contributed by atoms with van der Waals surface area (Å²) < 4.78 is 27.9. The van der Waals surface area contributed by atoms with E-state index in [0.29, 0.717) is 10.7 Å². The zero-order chi connectivity index (χ0) is 18.6. The average Bonchev–Trinajstić information content (AvgIpc) is 2.56. The van der Waals surface area contributed by atoms with Crippen molar-refractivity contribution in [1.29, 1.82) is 0 Å². The largest absolute Gasteiger partial charge is 0.449 e. The van der Waals surface area contributed by atoms with Gasteiger partial charge in [-0.2, -0.15) is 0 Å². The molecule has 0 aliphatic heterocycles. The van der Waals surface area contributed by atoms with Gasteiger partial charge in [-0.3, -0.25) is 4.79 Å². The first kappa shape index (κ1) is 19.0. The van der Waals surface area contributed by atoms with Gasteiger partial charge >= 0.3 is 5.97 Å². The van der Waals surface area contributed by atoms with Crippen molar-refractivity contribution in [3.8, 4) is 0 Å². The summed E-state index contributed by atoms with van der Waals surface area (Å²) >= 11 is 5.95. The number of hydrogen-bond donors (Lipinski definition) is 1. The van der Waals surface area contributed by atoms with Crippen LogP contribution in [0.1, 0.15) is 17.3 Å². The van der Waals surface area contributed by atoms with Crippen LogP contribution in [0, 0.1) is 0 Å². The van der Waals surface area contributed by atoms with E-state index in [1.165, 1.54) is 31.2 Å². The maximum absolute atomic E-state index is 12.1. The number of carbonyl (C=O) groups excluding carboxylic acids is 2. The fraction of sp³-hybridized carbons (Fsp3) is 0.176. The molecule has 0 saturated heterocycles. The van der Waals surface area contributed by atoms with Crippen molar-refractivity contribution in [1.82, 2.24) is 0 Å². The van der Waals surface area contributed by atoms with Crippen LogP contribution < -0.4 is 5.32 Å². The summed E-state index contributed by atoms with van der Waals surface area (Å²) in [5.41, 5.74) is 0.555. The van der Waals surface area contributed by atoms with Crippen molar-refractivity contribution in [2.75, 3.05) is 11.6 Å². The second-order valence-corrected chi connectivity index (χ2v) is 7.74. The molecule has 0 saturated carbocycles. The van der Waals surface area contributed by atoms with Gasteiger partial charge in [-0.15, -0.1) is 0 Å². The highest BCUT2D eigenvalue weighted by atomic mass is 35.5. The smallest absolute Gasteiger partial charge is 0.338 e. The number of anilines is 1. The van der Waals surface area contributed by atoms with Gasteiger partial charge in [0.25, 0.3) is 5.91 Å². The molecule has 1 N–H and O–H groups in total. The lowest BCUT2D eigenvalue weighted by atomic mass is 10.2. The van der Waals surface area contributed by atoms with E-state index in [1.807, 2.05) is 0 Å². The maximum atomic E-state index is 12.1. The molecule has 6 nitrogen and oxygen atoms in total. The molecule has 1 atom stereocenters. The number of halogens is 1. The third-order valence-electron chi connectivity index (χ3n) is 3.30. The first-order chi connectivity index (χ1) is 11.7. The summed E-state index contributed by atoms with van der Waals surface area (Å²) in [6, 6.07) is 12.0. The van der Waals surface area contributed by atoms with Gasteiger partial charge in [0.05, 0.1) is 21.2 Å². The van der Waals surface area contributed by atoms with Gasteiger partial charge in [-0.25, -0.2) is 13.2 Å². The number of hydrogen-bond acceptors (Lipinski definition) is 5. The van der Waals surface area contributed by atoms with Crippen LogP contribution in [-0.2, 0) is 19.4 Å². The summed E-state index contributed by atoms with van der Waals surface area (Å²) in [4.78, 5) is 24.2. The molecule has 25 heavy (non-hydrogen) atoms. The Morgan fingerprint density at radius 1 is 1.08 bits per heavy atom. The summed E-state index contributed by atoms with van der Waals surface area (Å²) in [5.74, 6) is -1.27. The van der Waals surface area contributed by atoms with Gasteiger partial charge in [0, 0.05) is 6.26 Å². The van der Waals surface area contributed by atoms with Gasteiger partial charge in [-0.1, -0.05) is 23.7 Å². The number of para-hydroxylation sites is 1. The zero-order valence-corrected chi connectivity index (χ0v) is 15.1. The predicted molar refractivity (Wildman–Crippen MR) is 94.5 cm³/mol. The van der Waals surface area contributed by atoms with Crippen molar-refractivity contribution in [3.05, 3.63) is 59.1 Å². The quantitative estimate of drug-likeness (QED) is 0.804. The van der Waals surface area contributed by atoms with E-state index < -0.39 is 27.8 Å². The van der Waals surface area contributed by atoms with E-state index in [4.69, 9.17) is 16.3 Å². The minimum atomic E-state index is -3.35. The topological polar surface area (TPSA) is 89.5 Å². The molecule has 0 bridgehead atoms. The second kappa shape index (κ2) is 7.67. The van der Waals surface area contributed by atoms with Gasteiger partial charge < -0.3 is 10.1 Å². The molecule has 2 rings (SSSR count). The van der Waals surface area contributed by atoms with Crippen molar-refractivity contribution in [2.24, 2.45) is 0 Å². The minimum Gasteiger partial charge on any atom is -0.449 e. The summed E-state index contributed by atoms with van der Waals surface area (Å²) in [6.45, 7) is 1.43. The Kier molecular flexibility index (Phi) is 5.81. The van der Waals surface area contributed by atoms with Crippen LogP contribution in [0.5, 0.6) is 0 Å². The summed E-state index contributed by atoms with van der Waals surface area (Å²) in [6.07, 6.45) is 0.0138. The number of esters is 1. The third kappa shape index (κ3) is 5.04. The lowest BCUT2D eigenvalue weighted by Crippen LogP contribution is -2.30. The molecule has 8 heteroatoms. The first-order valence-electron chi connectivity index (χ1n) is 7.25. The zero-order valence-electron chi connectivity index (χ0n) is 13.5. The number of sulfone groups is 1. The summed E-state index contributed by atoms with van der Waals surface area (Å²) in [7, 11) is -3.35. The number of ether oxygens (including phenoxy) is 1. The SMILES string of the molecule is C[C@H](OC(=O)c1ccc(S(C)(=O)=O)cc1)C(=O)Nc1ccccc1Cl. The highest BCUT2D eigenvalue weighted by molar-refractivity contribution is 7.90. The van der Waals surface area contributed by atoms with Crippen LogP contribution in [-0.4, -0.2) is 32.7 Å². The van der Waals surface area contributed by atoms with Gasteiger partial charge in [-0.05, 0) is 43.3 Å². The van der Waals surface area contributed by atoms with Crippen LogP contribution in [0.4, 0.5) is 5.69 Å². The molecule has 2 aromatic carbocycles. The van der Waals surface area contributed by atoms with Gasteiger partial charge in [0.15, 0.2) is 15.9 Å². The van der Waals surface area contributed by atoms with Crippen molar-refractivity contribution in [3.63, 3.8) is 0 Å². The van der Waals surface area contributed by atoms with E-state index in [9.17, 15) is 18.0 Å². The average molecular weight is 382 g/mol. The highest BCUT2D eigenvalue weighted by Crippen LogP contribution is 2.21. The molecule has 0 spiro atoms. The molecule has 0 heterocycles. The molecular weight excluding hydrogens is 366 g/mol. The van der Waals surface area contributed by atoms with Crippen LogP contribution in [0.2, 0.25) is 5.02 Å². The number of benzene rings is 2. The lowest BCUT2D eigenvalue weighted by Gasteiger charge is -2.14. The Morgan fingerprint density at radius 3 is 2.24 bits per heavy atom. The Bertz CT molecular complexity index is 894. The Labute approximate surface area is 150 Å². The molecule has 0 fully saturated rings. The molecular formula is C17H16ClNO5S. The minimum absolute atomic E-state index is 0.0913. The fourth-order valence-corrected chi connectivity index (χ4v) is 2.73. The van der Waals surface area contributed by atoms with Crippen LogP contribution in [0.15, 0.2) is 53.4 Å². The van der Waals surface area contributed by atoms with E-state index in [0.717, 1.165) is 6.26 Å². The monoisotopic (exact) mass is 381 g/mol. The Hall–Kier alpha value is -2.38. The van der Waals surface area contributed by atoms with E-state index >= 15 is 0 Å². The second-order valence-electron chi connectivity index (χ2n) is 5.31. The number of nitrogens with one attached hydrogen (secondary N) is 1.